The van der Waals surface area contributed by atoms with E-state index in [-0.39, 0.29) is 25.2 Å². The quantitative estimate of drug-likeness (QED) is 0.129. The summed E-state index contributed by atoms with van der Waals surface area (Å²) in [6.07, 6.45) is 2.19. The minimum absolute atomic E-state index is 0.138. The molecule has 0 aromatic heterocycles. The molecule has 0 saturated carbocycles. The summed E-state index contributed by atoms with van der Waals surface area (Å²) in [7, 11) is 0. The predicted molar refractivity (Wildman–Crippen MR) is 261 cm³/mol. The summed E-state index contributed by atoms with van der Waals surface area (Å²) in [4.78, 5) is 26.6. The molecule has 0 aromatic rings. The van der Waals surface area contributed by atoms with Crippen LogP contribution in [0.3, 0.4) is 0 Å². The van der Waals surface area contributed by atoms with Crippen molar-refractivity contribution in [3.8, 4) is 0 Å². The molecule has 0 aliphatic carbocycles. The van der Waals surface area contributed by atoms with Gasteiger partial charge in [-0.1, -0.05) is 98.9 Å². The fourth-order valence-electron chi connectivity index (χ4n) is 8.60. The van der Waals surface area contributed by atoms with Gasteiger partial charge >= 0.3 is 5.97 Å². The third-order valence-electron chi connectivity index (χ3n) is 13.3. The number of cyclic esters (lactones) is 1. The summed E-state index contributed by atoms with van der Waals surface area (Å²) in [5.74, 6) is -6.55. The van der Waals surface area contributed by atoms with Gasteiger partial charge in [0.25, 0.3) is 0 Å². The van der Waals surface area contributed by atoms with Crippen LogP contribution in [0.4, 0.5) is 0 Å². The number of hydrogen-bond acceptors (Lipinski definition) is 20. The van der Waals surface area contributed by atoms with E-state index in [0.29, 0.717) is 0 Å². The number of nitrogens with two attached hydrogens (primary N) is 1. The summed E-state index contributed by atoms with van der Waals surface area (Å²) in [5.41, 5.74) is 4.14. The van der Waals surface area contributed by atoms with Gasteiger partial charge in [-0.3, -0.25) is 9.59 Å². The van der Waals surface area contributed by atoms with Crippen molar-refractivity contribution < 1.29 is 94.9 Å². The number of fused-ring (bicyclic) bond motifs is 2. The summed E-state index contributed by atoms with van der Waals surface area (Å²) >= 11 is 0. The molecule has 410 valence electrons. The first kappa shape index (κ1) is 62.7. The van der Waals surface area contributed by atoms with Crippen LogP contribution in [-0.2, 0) is 28.5 Å². The predicted octanol–water partition coefficient (Wildman–Crippen LogP) is -1.54. The Bertz CT molecular complexity index is 1830. The van der Waals surface area contributed by atoms with Crippen LogP contribution >= 0.6 is 0 Å². The SMILES string of the molecule is C[C@@H]1[C@H](O)[C@@H](C)/C=C/C=C/C=C/C=C/C=C/C=C/C=C/[C@H](O[C@@H]2O[C@H](C)[C@@H](O)[C@H](N)[C@H]2O)C[C@@H]2O[C@](O)(C[C@@H](O)C[C@@H](O)[C@H](O)CC[C@@H](O)C[C@@H](O)CC(=O)O[C@H]1C)C[C@H](O)C2C(=O)NC(CO)(CO)CO. The highest BCUT2D eigenvalue weighted by molar-refractivity contribution is 5.81. The Morgan fingerprint density at radius 3 is 1.81 bits per heavy atom. The Hall–Kier alpha value is -3.56. The van der Waals surface area contributed by atoms with Gasteiger partial charge in [0.15, 0.2) is 12.1 Å². The van der Waals surface area contributed by atoms with Crippen molar-refractivity contribution in [3.63, 3.8) is 0 Å². The van der Waals surface area contributed by atoms with Crippen molar-refractivity contribution in [3.05, 3.63) is 85.1 Å². The van der Waals surface area contributed by atoms with Crippen LogP contribution in [0.1, 0.15) is 79.1 Å². The van der Waals surface area contributed by atoms with E-state index in [1.807, 2.05) is 13.0 Å². The first-order chi connectivity index (χ1) is 34.0. The second kappa shape index (κ2) is 30.7. The van der Waals surface area contributed by atoms with Crippen molar-refractivity contribution in [1.29, 1.82) is 0 Å². The first-order valence-corrected chi connectivity index (χ1v) is 24.6. The van der Waals surface area contributed by atoms with Gasteiger partial charge in [0.1, 0.15) is 17.7 Å². The molecule has 3 aliphatic heterocycles. The van der Waals surface area contributed by atoms with E-state index < -0.39 is 179 Å². The molecule has 0 aromatic carbocycles. The Kier molecular flexibility index (Phi) is 26.8. The Morgan fingerprint density at radius 1 is 0.681 bits per heavy atom. The van der Waals surface area contributed by atoms with E-state index in [0.717, 1.165) is 0 Å². The Labute approximate surface area is 421 Å². The number of nitrogens with one attached hydrogen (secondary N) is 1. The molecule has 2 saturated heterocycles. The van der Waals surface area contributed by atoms with E-state index in [2.05, 4.69) is 5.32 Å². The lowest BCUT2D eigenvalue weighted by atomic mass is 9.81. The molecule has 2 fully saturated rings. The minimum Gasteiger partial charge on any atom is -0.462 e. The number of rotatable bonds is 7. The number of aliphatic hydroxyl groups excluding tert-OH is 12. The standard InChI is InChI=1S/C51H82N2O19/c1-30-17-15-13-11-9-7-5-6-8-10-12-14-16-18-37(71-49-47(66)44(52)46(65)33(4)70-49)24-41-43(48(67)53-50(27-54,28-55)29-56)40(62)26-51(68,72-41)25-36(59)22-39(61)38(60)20-19-34(57)21-35(58)23-42(63)69-32(3)31(2)45(30)64/h5-18,30-41,43-47,49,54-62,64-66,68H,19-29,52H2,1-4H3,(H,53,67)/b6-5+,9-7+,10-8+,13-11+,14-12+,17-15+,18-16+/t30-,31-,32-,33+,34+,35+,36-,37-,38+,39+,40-,41-,43?,44-,45+,46+,47+,49-,51+/m0/s1. The maximum atomic E-state index is 14.0. The second-order valence-corrected chi connectivity index (χ2v) is 19.5. The molecule has 19 atom stereocenters. The first-order valence-electron chi connectivity index (χ1n) is 24.6. The molecule has 3 aliphatic rings. The molecule has 0 radical (unpaired) electrons. The highest BCUT2D eigenvalue weighted by Gasteiger charge is 2.52. The summed E-state index contributed by atoms with van der Waals surface area (Å²) in [6.45, 7) is 3.96. The maximum Gasteiger partial charge on any atom is 0.308 e. The molecular formula is C51H82N2O19. The van der Waals surface area contributed by atoms with Crippen LogP contribution in [-0.4, -0.2) is 201 Å². The van der Waals surface area contributed by atoms with Crippen LogP contribution < -0.4 is 11.1 Å². The van der Waals surface area contributed by atoms with Crippen molar-refractivity contribution in [1.82, 2.24) is 5.32 Å². The van der Waals surface area contributed by atoms with E-state index in [9.17, 15) is 76.0 Å². The molecule has 16 N–H and O–H groups in total. The van der Waals surface area contributed by atoms with Crippen LogP contribution in [0.25, 0.3) is 0 Å². The lowest BCUT2D eigenvalue weighted by Crippen LogP contribution is -2.64. The fraction of sp³-hybridized carbons (Fsp3) is 0.686. The zero-order chi connectivity index (χ0) is 53.8. The summed E-state index contributed by atoms with van der Waals surface area (Å²) < 4.78 is 23.5. The van der Waals surface area contributed by atoms with Crippen molar-refractivity contribution in [2.45, 2.75) is 182 Å². The smallest absolute Gasteiger partial charge is 0.308 e. The molecule has 1 unspecified atom stereocenters. The second-order valence-electron chi connectivity index (χ2n) is 19.5. The number of ether oxygens (including phenoxy) is 4. The number of allylic oxidation sites excluding steroid dienone is 12. The number of hydrogen-bond donors (Lipinski definition) is 15. The maximum absolute atomic E-state index is 14.0. The van der Waals surface area contributed by atoms with Gasteiger partial charge in [0.2, 0.25) is 5.91 Å². The summed E-state index contributed by atoms with van der Waals surface area (Å²) in [5, 5.41) is 142. The third-order valence-corrected chi connectivity index (χ3v) is 13.3. The minimum atomic E-state index is -2.42. The lowest BCUT2D eigenvalue weighted by molar-refractivity contribution is -0.307. The molecule has 3 heterocycles. The Balaban J connectivity index is 1.98. The summed E-state index contributed by atoms with van der Waals surface area (Å²) in [6, 6.07) is -1.20. The van der Waals surface area contributed by atoms with Crippen molar-refractivity contribution in [2.75, 3.05) is 19.8 Å². The monoisotopic (exact) mass is 1030 g/mol. The Morgan fingerprint density at radius 2 is 1.24 bits per heavy atom. The molecular weight excluding hydrogens is 945 g/mol. The van der Waals surface area contributed by atoms with E-state index in [1.54, 1.807) is 86.8 Å². The topological polar surface area (TPSA) is 372 Å². The van der Waals surface area contributed by atoms with Crippen LogP contribution in [0.2, 0.25) is 0 Å². The largest absolute Gasteiger partial charge is 0.462 e. The normalized spacial score (nSPS) is 42.4. The molecule has 21 nitrogen and oxygen atoms in total. The van der Waals surface area contributed by atoms with Gasteiger partial charge in [0, 0.05) is 37.5 Å². The highest BCUT2D eigenvalue weighted by Crippen LogP contribution is 2.38. The molecule has 0 spiro atoms. The molecule has 3 rings (SSSR count). The van der Waals surface area contributed by atoms with E-state index in [1.165, 1.54) is 13.0 Å². The highest BCUT2D eigenvalue weighted by atomic mass is 16.7. The fourth-order valence-corrected chi connectivity index (χ4v) is 8.60. The van der Waals surface area contributed by atoms with Crippen molar-refractivity contribution in [2.24, 2.45) is 23.5 Å². The van der Waals surface area contributed by atoms with Gasteiger partial charge in [0.05, 0.1) is 105 Å². The number of carbonyl (C=O) groups is 2. The van der Waals surface area contributed by atoms with Gasteiger partial charge in [-0.25, -0.2) is 0 Å². The van der Waals surface area contributed by atoms with Gasteiger partial charge in [-0.05, 0) is 33.1 Å². The van der Waals surface area contributed by atoms with Crippen LogP contribution in [0, 0.1) is 17.8 Å². The average molecular weight is 1030 g/mol. The molecule has 21 heteroatoms. The van der Waals surface area contributed by atoms with Crippen LogP contribution in [0.5, 0.6) is 0 Å². The van der Waals surface area contributed by atoms with Crippen LogP contribution in [0.15, 0.2) is 85.1 Å². The molecule has 72 heavy (non-hydrogen) atoms. The zero-order valence-electron chi connectivity index (χ0n) is 41.6. The van der Waals surface area contributed by atoms with Gasteiger partial charge in [-0.2, -0.15) is 0 Å². The molecule has 2 bridgehead atoms. The zero-order valence-corrected chi connectivity index (χ0v) is 41.6. The van der Waals surface area contributed by atoms with Gasteiger partial charge < -0.3 is 96.4 Å². The number of carbonyl (C=O) groups excluding carboxylic acids is 2. The van der Waals surface area contributed by atoms with E-state index >= 15 is 0 Å². The van der Waals surface area contributed by atoms with E-state index in [4.69, 9.17) is 24.7 Å². The van der Waals surface area contributed by atoms with Gasteiger partial charge in [-0.15, -0.1) is 0 Å². The average Bonchev–Trinajstić information content (AvgIpc) is 3.31. The lowest BCUT2D eigenvalue weighted by Gasteiger charge is -2.46. The number of aliphatic hydroxyl groups is 13. The third kappa shape index (κ3) is 19.9. The van der Waals surface area contributed by atoms with Crippen molar-refractivity contribution >= 4 is 11.9 Å². The molecule has 1 amide bonds. The number of esters is 1. The number of amides is 1.